The van der Waals surface area contributed by atoms with Crippen molar-refractivity contribution in [2.45, 2.75) is 52.1 Å². The van der Waals surface area contributed by atoms with Crippen molar-refractivity contribution >= 4 is 28.4 Å². The first-order valence-corrected chi connectivity index (χ1v) is 12.0. The summed E-state index contributed by atoms with van der Waals surface area (Å²) in [5.74, 6) is 2.16. The molecule has 1 amide bonds. The number of rotatable bonds is 7. The lowest BCUT2D eigenvalue weighted by Gasteiger charge is -2.36. The zero-order valence-corrected chi connectivity index (χ0v) is 20.3. The average molecular weight is 467 g/mol. The van der Waals surface area contributed by atoms with Crippen LogP contribution in [0.4, 0.5) is 0 Å². The predicted molar refractivity (Wildman–Crippen MR) is 132 cm³/mol. The van der Waals surface area contributed by atoms with Crippen LogP contribution in [0.1, 0.15) is 55.5 Å². The lowest BCUT2D eigenvalue weighted by atomic mass is 9.86. The molecule has 2 aromatic carbocycles. The first-order valence-electron chi connectivity index (χ1n) is 11.7. The van der Waals surface area contributed by atoms with E-state index in [0.29, 0.717) is 35.5 Å². The van der Waals surface area contributed by atoms with Crippen molar-refractivity contribution in [1.82, 2.24) is 9.88 Å². The zero-order valence-electron chi connectivity index (χ0n) is 19.5. The summed E-state index contributed by atoms with van der Waals surface area (Å²) in [6.45, 7) is 5.26. The number of amides is 1. The van der Waals surface area contributed by atoms with Crippen molar-refractivity contribution in [2.24, 2.45) is 5.92 Å². The second-order valence-electron chi connectivity index (χ2n) is 8.80. The summed E-state index contributed by atoms with van der Waals surface area (Å²) in [4.78, 5) is 20.3. The van der Waals surface area contributed by atoms with Crippen LogP contribution in [0.5, 0.6) is 11.5 Å². The highest BCUT2D eigenvalue weighted by Gasteiger charge is 2.29. The molecule has 1 saturated carbocycles. The predicted octanol–water partition coefficient (Wildman–Crippen LogP) is 6.52. The van der Waals surface area contributed by atoms with Crippen LogP contribution >= 0.6 is 11.6 Å². The molecule has 0 radical (unpaired) electrons. The summed E-state index contributed by atoms with van der Waals surface area (Å²) < 4.78 is 11.0. The third kappa shape index (κ3) is 5.41. The molecule has 0 aliphatic heterocycles. The quantitative estimate of drug-likeness (QED) is 0.372. The monoisotopic (exact) mass is 466 g/mol. The second-order valence-corrected chi connectivity index (χ2v) is 9.16. The van der Waals surface area contributed by atoms with Gasteiger partial charge in [-0.05, 0) is 81.0 Å². The van der Waals surface area contributed by atoms with E-state index in [0.717, 1.165) is 47.9 Å². The topological polar surface area (TPSA) is 51.7 Å². The highest BCUT2D eigenvalue weighted by atomic mass is 35.5. The van der Waals surface area contributed by atoms with Gasteiger partial charge < -0.3 is 14.4 Å². The van der Waals surface area contributed by atoms with E-state index in [1.54, 1.807) is 13.2 Å². The number of nitrogens with zero attached hydrogens (tertiary/aromatic N) is 2. The fourth-order valence-corrected chi connectivity index (χ4v) is 4.77. The van der Waals surface area contributed by atoms with E-state index in [2.05, 4.69) is 11.9 Å². The maximum atomic E-state index is 13.7. The van der Waals surface area contributed by atoms with Gasteiger partial charge in [-0.1, -0.05) is 24.6 Å². The van der Waals surface area contributed by atoms with Crippen LogP contribution in [0.15, 0.2) is 48.5 Å². The number of halogens is 1. The Morgan fingerprint density at radius 3 is 2.61 bits per heavy atom. The minimum Gasteiger partial charge on any atom is -0.497 e. The van der Waals surface area contributed by atoms with Crippen LogP contribution in [0.2, 0.25) is 5.15 Å². The molecule has 1 aliphatic rings. The van der Waals surface area contributed by atoms with Gasteiger partial charge in [-0.15, -0.1) is 0 Å². The van der Waals surface area contributed by atoms with E-state index in [4.69, 9.17) is 21.1 Å². The number of pyridine rings is 1. The fourth-order valence-electron chi connectivity index (χ4n) is 4.57. The highest BCUT2D eigenvalue weighted by molar-refractivity contribution is 6.30. The van der Waals surface area contributed by atoms with E-state index < -0.39 is 0 Å². The summed E-state index contributed by atoms with van der Waals surface area (Å²) in [5, 5.41) is 1.38. The van der Waals surface area contributed by atoms with Gasteiger partial charge in [0.05, 0.1) is 19.2 Å². The van der Waals surface area contributed by atoms with Gasteiger partial charge in [-0.3, -0.25) is 4.79 Å². The maximum absolute atomic E-state index is 13.7. The third-order valence-electron chi connectivity index (χ3n) is 6.47. The van der Waals surface area contributed by atoms with Crippen molar-refractivity contribution in [3.63, 3.8) is 0 Å². The fraction of sp³-hybridized carbons (Fsp3) is 0.407. The number of carbonyl (C=O) groups is 1. The van der Waals surface area contributed by atoms with Crippen LogP contribution in [0.25, 0.3) is 10.9 Å². The van der Waals surface area contributed by atoms with Gasteiger partial charge in [0.2, 0.25) is 0 Å². The average Bonchev–Trinajstić information content (AvgIpc) is 2.83. The second kappa shape index (κ2) is 10.4. The van der Waals surface area contributed by atoms with Gasteiger partial charge in [0, 0.05) is 29.1 Å². The number of ether oxygens (including phenoxy) is 2. The number of carbonyl (C=O) groups excluding carboxylic acids is 1. The number of hydrogen-bond donors (Lipinski definition) is 0. The molecule has 1 fully saturated rings. The molecule has 1 aliphatic carbocycles. The van der Waals surface area contributed by atoms with Gasteiger partial charge in [0.25, 0.3) is 5.91 Å². The first-order chi connectivity index (χ1) is 16.0. The third-order valence-corrected chi connectivity index (χ3v) is 6.79. The molecule has 33 heavy (non-hydrogen) atoms. The smallest absolute Gasteiger partial charge is 0.254 e. The molecule has 0 bridgehead atoms. The normalized spacial score (nSPS) is 18.2. The minimum absolute atomic E-state index is 0.00677. The Hall–Kier alpha value is -2.79. The van der Waals surface area contributed by atoms with Gasteiger partial charge in [0.15, 0.2) is 0 Å². The number of methoxy groups -OCH3 is 1. The van der Waals surface area contributed by atoms with E-state index >= 15 is 0 Å². The van der Waals surface area contributed by atoms with E-state index in [9.17, 15) is 4.79 Å². The Balaban J connectivity index is 1.68. The van der Waals surface area contributed by atoms with Crippen molar-refractivity contribution in [3.05, 3.63) is 64.8 Å². The lowest BCUT2D eigenvalue weighted by Crippen LogP contribution is -2.41. The molecule has 0 N–H and O–H groups in total. The number of aromatic nitrogens is 1. The molecule has 3 aromatic rings. The van der Waals surface area contributed by atoms with Crippen LogP contribution in [0, 0.1) is 5.92 Å². The van der Waals surface area contributed by atoms with Gasteiger partial charge in [-0.25, -0.2) is 4.98 Å². The van der Waals surface area contributed by atoms with Crippen molar-refractivity contribution in [1.29, 1.82) is 0 Å². The van der Waals surface area contributed by atoms with E-state index in [1.807, 2.05) is 54.3 Å². The molecular weight excluding hydrogens is 436 g/mol. The lowest BCUT2D eigenvalue weighted by molar-refractivity contribution is 0.0593. The largest absolute Gasteiger partial charge is 0.497 e. The molecule has 0 spiro atoms. The number of benzene rings is 2. The van der Waals surface area contributed by atoms with E-state index in [-0.39, 0.29) is 11.9 Å². The highest BCUT2D eigenvalue weighted by Crippen LogP contribution is 2.32. The first kappa shape index (κ1) is 23.4. The number of fused-ring (bicyclic) bond motifs is 1. The van der Waals surface area contributed by atoms with Gasteiger partial charge >= 0.3 is 0 Å². The van der Waals surface area contributed by atoms with Crippen LogP contribution in [0.3, 0.4) is 0 Å². The molecule has 0 atom stereocenters. The zero-order chi connectivity index (χ0) is 23.4. The summed E-state index contributed by atoms with van der Waals surface area (Å²) in [7, 11) is 1.61. The Morgan fingerprint density at radius 1 is 1.09 bits per heavy atom. The van der Waals surface area contributed by atoms with Crippen LogP contribution < -0.4 is 9.47 Å². The summed E-state index contributed by atoms with van der Waals surface area (Å²) >= 11 is 6.61. The molecular formula is C27H31ClN2O3. The summed E-state index contributed by atoms with van der Waals surface area (Å²) in [5.41, 5.74) is 2.27. The summed E-state index contributed by atoms with van der Waals surface area (Å²) in [6, 6.07) is 15.3. The molecule has 0 unspecified atom stereocenters. The van der Waals surface area contributed by atoms with Crippen molar-refractivity contribution < 1.29 is 14.3 Å². The Kier molecular flexibility index (Phi) is 7.39. The molecule has 174 valence electrons. The standard InChI is InChI=1S/C27H31ClN2O3/c1-4-33-24-12-13-25-20(16-24)14-21(26(28)29-25)17-30(22-10-8-18(2)9-11-22)27(31)19-6-5-7-23(15-19)32-3/h5-7,12-16,18,22H,4,8-11,17H2,1-3H3. The summed E-state index contributed by atoms with van der Waals surface area (Å²) in [6.07, 6.45) is 4.22. The van der Waals surface area contributed by atoms with Crippen LogP contribution in [-0.4, -0.2) is 35.5 Å². The maximum Gasteiger partial charge on any atom is 0.254 e. The van der Waals surface area contributed by atoms with Gasteiger partial charge in [-0.2, -0.15) is 0 Å². The van der Waals surface area contributed by atoms with Crippen LogP contribution in [-0.2, 0) is 6.54 Å². The molecule has 1 aromatic heterocycles. The minimum atomic E-state index is -0.00677. The molecule has 5 nitrogen and oxygen atoms in total. The SMILES string of the molecule is CCOc1ccc2nc(Cl)c(CN(C(=O)c3cccc(OC)c3)C3CCC(C)CC3)cc2c1. The van der Waals surface area contributed by atoms with Crippen molar-refractivity contribution in [3.8, 4) is 11.5 Å². The molecule has 6 heteroatoms. The number of hydrogen-bond acceptors (Lipinski definition) is 4. The molecule has 0 saturated heterocycles. The van der Waals surface area contributed by atoms with Crippen molar-refractivity contribution in [2.75, 3.05) is 13.7 Å². The molecule has 1 heterocycles. The Morgan fingerprint density at radius 2 is 1.88 bits per heavy atom. The van der Waals surface area contributed by atoms with Gasteiger partial charge in [0.1, 0.15) is 16.7 Å². The van der Waals surface area contributed by atoms with E-state index in [1.165, 1.54) is 0 Å². The molecule has 4 rings (SSSR count). The Labute approximate surface area is 200 Å². The Bertz CT molecular complexity index is 1130.